The van der Waals surface area contributed by atoms with Gasteiger partial charge in [-0.3, -0.25) is 10.1 Å². The number of carboxylic acids is 1. The van der Waals surface area contributed by atoms with Gasteiger partial charge in [-0.05, 0) is 30.5 Å². The first-order chi connectivity index (χ1) is 14.5. The summed E-state index contributed by atoms with van der Waals surface area (Å²) in [4.78, 5) is 33.5. The summed E-state index contributed by atoms with van der Waals surface area (Å²) in [5.41, 5.74) is 1.49. The molecule has 1 aliphatic rings. The van der Waals surface area contributed by atoms with Gasteiger partial charge in [-0.1, -0.05) is 12.1 Å². The topological polar surface area (TPSA) is 108 Å². The molecule has 0 spiro atoms. The fourth-order valence-electron chi connectivity index (χ4n) is 3.76. The molecule has 1 unspecified atom stereocenters. The number of anilines is 1. The first kappa shape index (κ1) is 22.6. The fourth-order valence-corrected chi connectivity index (χ4v) is 4.16. The van der Waals surface area contributed by atoms with Crippen LogP contribution in [0.3, 0.4) is 0 Å². The molecule has 162 valence electrons. The van der Waals surface area contributed by atoms with Crippen LogP contribution in [0.15, 0.2) is 36.8 Å². The largest absolute Gasteiger partial charge is 0.479 e. The number of nitrogens with zero attached hydrogens (tertiary/aromatic N) is 2. The molecule has 0 radical (unpaired) electrons. The van der Waals surface area contributed by atoms with Crippen molar-refractivity contribution in [2.75, 3.05) is 29.7 Å². The van der Waals surface area contributed by atoms with Crippen molar-refractivity contribution in [3.05, 3.63) is 48.0 Å². The van der Waals surface area contributed by atoms with Crippen LogP contribution in [0.5, 0.6) is 0 Å². The highest BCUT2D eigenvalue weighted by molar-refractivity contribution is 6.18. The summed E-state index contributed by atoms with van der Waals surface area (Å²) in [6.45, 7) is 1.46. The minimum Gasteiger partial charge on any atom is -0.479 e. The van der Waals surface area contributed by atoms with Crippen LogP contribution in [-0.4, -0.2) is 63.3 Å². The van der Waals surface area contributed by atoms with Crippen LogP contribution in [0.2, 0.25) is 0 Å². The van der Waals surface area contributed by atoms with E-state index in [0.717, 1.165) is 30.0 Å². The molecule has 1 fully saturated rings. The van der Waals surface area contributed by atoms with Crippen molar-refractivity contribution in [1.29, 1.82) is 0 Å². The molecule has 1 aliphatic heterocycles. The smallest absolute Gasteiger partial charge is 0.333 e. The standard InChI is InChI=1S/C21H26Cl2N4O3/c22-8-10-27(11-9-23)17-6-4-15(5-7-17)2-1-3-19(28)21(20(29)30)18(26-21)12-16-13-24-14-25-16/h4-7,13-14,18,26H,1-3,8-12H2,(H,24,25)(H,29,30)/t18-,21?/m1/s1. The Kier molecular flexibility index (Phi) is 7.75. The van der Waals surface area contributed by atoms with Crippen LogP contribution in [0.4, 0.5) is 5.69 Å². The summed E-state index contributed by atoms with van der Waals surface area (Å²) in [5, 5.41) is 12.5. The molecule has 0 saturated carbocycles. The molecular weight excluding hydrogens is 427 g/mol. The van der Waals surface area contributed by atoms with E-state index in [2.05, 4.69) is 20.2 Å². The van der Waals surface area contributed by atoms with Crippen LogP contribution in [0, 0.1) is 0 Å². The normalized spacial score (nSPS) is 20.1. The lowest BCUT2D eigenvalue weighted by Gasteiger charge is -2.23. The SMILES string of the molecule is O=C(O)C1(C(=O)CCCc2ccc(N(CCCl)CCCl)cc2)N[C@@H]1Cc1cnc[nH]1. The monoisotopic (exact) mass is 452 g/mol. The quantitative estimate of drug-likeness (QED) is 0.245. The molecule has 1 aromatic carbocycles. The second-order valence-corrected chi connectivity index (χ2v) is 8.16. The first-order valence-electron chi connectivity index (χ1n) is 9.98. The van der Waals surface area contributed by atoms with Crippen LogP contribution >= 0.6 is 23.2 Å². The molecule has 2 heterocycles. The second kappa shape index (κ2) is 10.3. The van der Waals surface area contributed by atoms with Gasteiger partial charge < -0.3 is 15.0 Å². The minimum atomic E-state index is -1.47. The zero-order valence-corrected chi connectivity index (χ0v) is 18.1. The summed E-state index contributed by atoms with van der Waals surface area (Å²) in [6.07, 6.45) is 5.13. The van der Waals surface area contributed by atoms with E-state index in [-0.39, 0.29) is 12.2 Å². The van der Waals surface area contributed by atoms with E-state index in [4.69, 9.17) is 23.2 Å². The van der Waals surface area contributed by atoms with Gasteiger partial charge in [-0.15, -0.1) is 23.2 Å². The van der Waals surface area contributed by atoms with Crippen molar-refractivity contribution in [1.82, 2.24) is 15.3 Å². The highest BCUT2D eigenvalue weighted by Crippen LogP contribution is 2.32. The van der Waals surface area contributed by atoms with Crippen molar-refractivity contribution in [2.24, 2.45) is 0 Å². The molecule has 0 amide bonds. The first-order valence-corrected chi connectivity index (χ1v) is 11.1. The van der Waals surface area contributed by atoms with Gasteiger partial charge in [0.1, 0.15) is 0 Å². The maximum atomic E-state index is 12.7. The number of imidazole rings is 1. The lowest BCUT2D eigenvalue weighted by molar-refractivity contribution is -0.144. The van der Waals surface area contributed by atoms with Gasteiger partial charge in [-0.2, -0.15) is 0 Å². The van der Waals surface area contributed by atoms with Crippen LogP contribution in [0.1, 0.15) is 24.1 Å². The van der Waals surface area contributed by atoms with Crippen LogP contribution in [0.25, 0.3) is 0 Å². The average molecular weight is 453 g/mol. The molecule has 3 rings (SSSR count). The van der Waals surface area contributed by atoms with Crippen LogP contribution < -0.4 is 10.2 Å². The van der Waals surface area contributed by atoms with Crippen molar-refractivity contribution in [3.63, 3.8) is 0 Å². The summed E-state index contributed by atoms with van der Waals surface area (Å²) in [5.74, 6) is -0.324. The molecule has 30 heavy (non-hydrogen) atoms. The van der Waals surface area contributed by atoms with E-state index in [0.29, 0.717) is 31.0 Å². The van der Waals surface area contributed by atoms with Gasteiger partial charge in [0.25, 0.3) is 0 Å². The predicted octanol–water partition coefficient (Wildman–Crippen LogP) is 2.62. The third-order valence-electron chi connectivity index (χ3n) is 5.48. The maximum Gasteiger partial charge on any atom is 0.333 e. The molecule has 2 aromatic rings. The molecule has 2 atom stereocenters. The Morgan fingerprint density at radius 1 is 1.17 bits per heavy atom. The van der Waals surface area contributed by atoms with Gasteiger partial charge in [-0.25, -0.2) is 9.78 Å². The Hall–Kier alpha value is -2.09. The molecule has 1 saturated heterocycles. The number of hydrogen-bond acceptors (Lipinski definition) is 5. The summed E-state index contributed by atoms with van der Waals surface area (Å²) in [7, 11) is 0. The lowest BCUT2D eigenvalue weighted by atomic mass is 9.93. The average Bonchev–Trinajstić information content (AvgIpc) is 3.23. The summed E-state index contributed by atoms with van der Waals surface area (Å²) in [6, 6.07) is 7.70. The number of benzene rings is 1. The van der Waals surface area contributed by atoms with Gasteiger partial charge in [0, 0.05) is 55.3 Å². The number of aryl methyl sites for hydroxylation is 1. The number of alkyl halides is 2. The van der Waals surface area contributed by atoms with E-state index < -0.39 is 17.6 Å². The summed E-state index contributed by atoms with van der Waals surface area (Å²) < 4.78 is 0. The number of aromatic amines is 1. The number of carboxylic acid groups (broad SMARTS) is 1. The van der Waals surface area contributed by atoms with Crippen molar-refractivity contribution >= 4 is 40.6 Å². The summed E-state index contributed by atoms with van der Waals surface area (Å²) >= 11 is 11.7. The number of aliphatic carboxylic acids is 1. The highest BCUT2D eigenvalue weighted by atomic mass is 35.5. The Morgan fingerprint density at radius 2 is 1.87 bits per heavy atom. The fraction of sp³-hybridized carbons (Fsp3) is 0.476. The van der Waals surface area contributed by atoms with Gasteiger partial charge in [0.2, 0.25) is 0 Å². The van der Waals surface area contributed by atoms with Gasteiger partial charge in [0.05, 0.1) is 12.4 Å². The number of Topliss-reactive ketones (excluding diaryl/α,β-unsaturated/α-hetero) is 1. The Bertz CT molecular complexity index is 838. The third-order valence-corrected chi connectivity index (χ3v) is 5.82. The predicted molar refractivity (Wildman–Crippen MR) is 118 cm³/mol. The Balaban J connectivity index is 1.51. The number of hydrogen-bond donors (Lipinski definition) is 3. The number of ketones is 1. The van der Waals surface area contributed by atoms with E-state index in [1.165, 1.54) is 6.33 Å². The molecule has 1 aromatic heterocycles. The van der Waals surface area contributed by atoms with Crippen molar-refractivity contribution < 1.29 is 14.7 Å². The Morgan fingerprint density at radius 3 is 2.43 bits per heavy atom. The number of rotatable bonds is 13. The molecule has 3 N–H and O–H groups in total. The van der Waals surface area contributed by atoms with Crippen molar-refractivity contribution in [2.45, 2.75) is 37.3 Å². The zero-order chi connectivity index (χ0) is 21.6. The van der Waals surface area contributed by atoms with E-state index in [9.17, 15) is 14.7 Å². The number of aromatic nitrogens is 2. The number of H-pyrrole nitrogens is 1. The minimum absolute atomic E-state index is 0.213. The van der Waals surface area contributed by atoms with Crippen LogP contribution in [-0.2, 0) is 22.4 Å². The third kappa shape index (κ3) is 5.14. The lowest BCUT2D eigenvalue weighted by Crippen LogP contribution is -2.39. The van der Waals surface area contributed by atoms with Crippen molar-refractivity contribution in [3.8, 4) is 0 Å². The molecule has 7 nitrogen and oxygen atoms in total. The maximum absolute atomic E-state index is 12.7. The number of carbonyl (C=O) groups is 2. The Labute approximate surface area is 185 Å². The van der Waals surface area contributed by atoms with Gasteiger partial charge >= 0.3 is 5.97 Å². The van der Waals surface area contributed by atoms with E-state index in [1.54, 1.807) is 6.20 Å². The molecular formula is C21H26Cl2N4O3. The zero-order valence-electron chi connectivity index (χ0n) is 16.6. The molecule has 0 bridgehead atoms. The number of carbonyl (C=O) groups excluding carboxylic acids is 1. The number of halogens is 2. The highest BCUT2D eigenvalue weighted by Gasteiger charge is 2.64. The molecule has 9 heteroatoms. The van der Waals surface area contributed by atoms with E-state index >= 15 is 0 Å². The second-order valence-electron chi connectivity index (χ2n) is 7.40. The van der Waals surface area contributed by atoms with E-state index in [1.807, 2.05) is 24.3 Å². The molecule has 0 aliphatic carbocycles. The van der Waals surface area contributed by atoms with Gasteiger partial charge in [0.15, 0.2) is 11.3 Å². The number of nitrogens with one attached hydrogen (secondary N) is 2.